The van der Waals surface area contributed by atoms with E-state index in [4.69, 9.17) is 18.9 Å². The van der Waals surface area contributed by atoms with E-state index in [2.05, 4.69) is 30.8 Å². The predicted molar refractivity (Wildman–Crippen MR) is 256 cm³/mol. The number of fused-ring (bicyclic) bond motifs is 1. The predicted octanol–water partition coefficient (Wildman–Crippen LogP) is 2.92. The van der Waals surface area contributed by atoms with Gasteiger partial charge in [0.05, 0.1) is 51.8 Å². The Morgan fingerprint density at radius 3 is 2.23 bits per heavy atom. The maximum Gasteiger partial charge on any atom is 0.255 e. The van der Waals surface area contributed by atoms with Crippen LogP contribution in [0.3, 0.4) is 0 Å². The number of ether oxygens (including phenoxy) is 4. The highest BCUT2D eigenvalue weighted by molar-refractivity contribution is 6.06. The van der Waals surface area contributed by atoms with Crippen molar-refractivity contribution < 1.29 is 47.7 Å². The molecule has 6 heterocycles. The highest BCUT2D eigenvalue weighted by atomic mass is 16.6. The molecule has 3 saturated heterocycles. The number of unbranched alkanes of at least 4 members (excludes halogenated alkanes) is 1. The summed E-state index contributed by atoms with van der Waals surface area (Å²) in [7, 11) is 0. The van der Waals surface area contributed by atoms with E-state index in [-0.39, 0.29) is 49.2 Å². The number of nitrogens with zero attached hydrogens (tertiary/aromatic N) is 6. The molecule has 0 saturated carbocycles. The van der Waals surface area contributed by atoms with Gasteiger partial charge in [-0.2, -0.15) is 0 Å². The van der Waals surface area contributed by atoms with Crippen molar-refractivity contribution in [2.45, 2.75) is 57.5 Å². The summed E-state index contributed by atoms with van der Waals surface area (Å²) >= 11 is 0. The molecule has 1 aromatic carbocycles. The van der Waals surface area contributed by atoms with Gasteiger partial charge >= 0.3 is 0 Å². The molecule has 3 aromatic rings. The Morgan fingerprint density at radius 1 is 0.768 bits per heavy atom. The molecule has 1 atom stereocenters. The van der Waals surface area contributed by atoms with Crippen molar-refractivity contribution in [1.82, 2.24) is 35.3 Å². The Balaban J connectivity index is 0.658. The molecule has 19 heteroatoms. The van der Waals surface area contributed by atoms with Crippen LogP contribution in [0.1, 0.15) is 76.8 Å². The molecule has 3 N–H and O–H groups in total. The molecule has 69 heavy (non-hydrogen) atoms. The number of piperazine rings is 1. The van der Waals surface area contributed by atoms with Gasteiger partial charge in [0, 0.05) is 107 Å². The van der Waals surface area contributed by atoms with Crippen LogP contribution in [0.15, 0.2) is 67.1 Å². The van der Waals surface area contributed by atoms with Crippen molar-refractivity contribution in [2.24, 2.45) is 5.92 Å². The number of piperidine rings is 2. The molecule has 0 bridgehead atoms. The molecule has 0 spiro atoms. The van der Waals surface area contributed by atoms with E-state index in [0.29, 0.717) is 109 Å². The second kappa shape index (κ2) is 26.5. The third-order valence-corrected chi connectivity index (χ3v) is 12.8. The second-order valence-corrected chi connectivity index (χ2v) is 17.5. The number of anilines is 2. The summed E-state index contributed by atoms with van der Waals surface area (Å²) in [4.78, 5) is 91.2. The van der Waals surface area contributed by atoms with Crippen LogP contribution in [0.25, 0.3) is 6.08 Å². The maximum absolute atomic E-state index is 13.3. The minimum atomic E-state index is -0.656. The fraction of sp³-hybridized carbons (Fsp3) is 0.520. The van der Waals surface area contributed by atoms with Gasteiger partial charge in [0.15, 0.2) is 0 Å². The number of imide groups is 1. The third kappa shape index (κ3) is 15.1. The first-order valence-electron chi connectivity index (χ1n) is 24.2. The number of nitrogens with one attached hydrogen (secondary N) is 3. The van der Waals surface area contributed by atoms with Crippen LogP contribution < -0.4 is 20.9 Å². The van der Waals surface area contributed by atoms with E-state index in [9.17, 15) is 28.8 Å². The van der Waals surface area contributed by atoms with E-state index in [1.54, 1.807) is 41.7 Å². The molecule has 370 valence electrons. The van der Waals surface area contributed by atoms with Crippen molar-refractivity contribution in [1.29, 1.82) is 0 Å². The molecule has 3 fully saturated rings. The fourth-order valence-electron chi connectivity index (χ4n) is 8.89. The number of carbonyl (C=O) groups excluding carboxylic acids is 6. The van der Waals surface area contributed by atoms with Crippen LogP contribution >= 0.6 is 0 Å². The smallest absolute Gasteiger partial charge is 0.255 e. The number of benzene rings is 1. The molecule has 1 unspecified atom stereocenters. The molecule has 0 radical (unpaired) electrons. The van der Waals surface area contributed by atoms with Crippen molar-refractivity contribution in [2.75, 3.05) is 115 Å². The second-order valence-electron chi connectivity index (χ2n) is 17.5. The third-order valence-electron chi connectivity index (χ3n) is 12.8. The summed E-state index contributed by atoms with van der Waals surface area (Å²) in [6.45, 7) is 7.91. The van der Waals surface area contributed by atoms with Gasteiger partial charge in [0.25, 0.3) is 11.8 Å². The minimum Gasteiger partial charge on any atom is -0.382 e. The van der Waals surface area contributed by atoms with Crippen LogP contribution in [-0.4, -0.2) is 171 Å². The Bertz CT molecular complexity index is 2210. The number of hydrogen-bond donors (Lipinski definition) is 3. The van der Waals surface area contributed by atoms with Gasteiger partial charge in [-0.05, 0) is 73.6 Å². The highest BCUT2D eigenvalue weighted by Gasteiger charge is 2.40. The Hall–Kier alpha value is -6.28. The first-order valence-corrected chi connectivity index (χ1v) is 24.2. The normalized spacial score (nSPS) is 17.6. The largest absolute Gasteiger partial charge is 0.382 e. The molecule has 4 aliphatic heterocycles. The number of likely N-dealkylation sites (tertiary alicyclic amines) is 1. The monoisotopic (exact) mass is 951 g/mol. The van der Waals surface area contributed by atoms with E-state index in [0.717, 1.165) is 67.8 Å². The summed E-state index contributed by atoms with van der Waals surface area (Å²) in [5.41, 5.74) is 3.67. The SMILES string of the molecule is O=C(/C=C/c1cccnc1)NCCCCC1CCN(C(=O)c2ccc(N3CCN(C(=O)COCCOCCOCCOCCNc4cccc5c4CN(C4CCC(=O)NC4=O)C5=O)CC3)nc2)CC1. The summed E-state index contributed by atoms with van der Waals surface area (Å²) in [6.07, 6.45) is 13.9. The minimum absolute atomic E-state index is 0.00530. The summed E-state index contributed by atoms with van der Waals surface area (Å²) in [5.74, 6) is 0.237. The van der Waals surface area contributed by atoms with Crippen LogP contribution in [0.2, 0.25) is 0 Å². The van der Waals surface area contributed by atoms with Gasteiger partial charge in [-0.3, -0.25) is 39.1 Å². The zero-order valence-electron chi connectivity index (χ0n) is 39.3. The van der Waals surface area contributed by atoms with Crippen molar-refractivity contribution in [3.8, 4) is 0 Å². The number of amides is 6. The van der Waals surface area contributed by atoms with Crippen LogP contribution in [0.4, 0.5) is 11.5 Å². The van der Waals surface area contributed by atoms with Crippen molar-refractivity contribution in [3.05, 3.63) is 89.4 Å². The summed E-state index contributed by atoms with van der Waals surface area (Å²) in [5, 5.41) is 8.60. The molecular formula is C50H65N9O10. The van der Waals surface area contributed by atoms with Crippen LogP contribution in [0.5, 0.6) is 0 Å². The van der Waals surface area contributed by atoms with Crippen molar-refractivity contribution in [3.63, 3.8) is 0 Å². The number of aromatic nitrogens is 2. The van der Waals surface area contributed by atoms with Crippen molar-refractivity contribution >= 4 is 53.0 Å². The lowest BCUT2D eigenvalue weighted by molar-refractivity contribution is -0.138. The van der Waals surface area contributed by atoms with Gasteiger partial charge in [0.2, 0.25) is 23.6 Å². The zero-order chi connectivity index (χ0) is 48.2. The molecule has 19 nitrogen and oxygen atoms in total. The molecule has 0 aliphatic carbocycles. The quantitative estimate of drug-likeness (QED) is 0.0634. The van der Waals surface area contributed by atoms with Crippen LogP contribution in [0, 0.1) is 5.92 Å². The van der Waals surface area contributed by atoms with E-state index >= 15 is 0 Å². The average Bonchev–Trinajstić information content (AvgIpc) is 3.71. The van der Waals surface area contributed by atoms with E-state index in [1.165, 1.54) is 11.0 Å². The van der Waals surface area contributed by atoms with Gasteiger partial charge < -0.3 is 49.2 Å². The Kier molecular flexibility index (Phi) is 19.4. The number of rotatable bonds is 25. The first-order chi connectivity index (χ1) is 33.7. The summed E-state index contributed by atoms with van der Waals surface area (Å²) in [6, 6.07) is 12.3. The number of carbonyl (C=O) groups is 6. The van der Waals surface area contributed by atoms with Gasteiger partial charge in [-0.25, -0.2) is 4.98 Å². The van der Waals surface area contributed by atoms with E-state index < -0.39 is 11.9 Å². The molecule has 7 rings (SSSR count). The topological polar surface area (TPSA) is 214 Å². The maximum atomic E-state index is 13.3. The Labute approximate surface area is 403 Å². The van der Waals surface area contributed by atoms with Gasteiger partial charge in [-0.15, -0.1) is 0 Å². The average molecular weight is 952 g/mol. The fourth-order valence-corrected chi connectivity index (χ4v) is 8.89. The molecule has 6 amide bonds. The van der Waals surface area contributed by atoms with Crippen LogP contribution in [-0.2, 0) is 44.7 Å². The lowest BCUT2D eigenvalue weighted by atomic mass is 9.91. The molecule has 2 aromatic heterocycles. The number of hydrogen-bond acceptors (Lipinski definition) is 14. The molecule has 4 aliphatic rings. The standard InChI is InChI=1S/C50H65N9O10/c60-45(13-9-38-6-4-17-51-33-38)53-18-2-1-5-37-15-20-58(21-16-37)49(64)39-10-12-44(54-34-39)56-22-24-57(25-23-56)47(62)36-69-32-31-68-30-29-67-28-27-66-26-19-52-42-8-3-7-40-41(42)35-59(50(40)65)43-11-14-46(61)55-48(43)63/h3-4,6-10,12-13,17,33-34,37,43,52H,1-2,5,11,14-16,18-32,35-36H2,(H,53,60)(H,55,61,63)/b13-9+. The van der Waals surface area contributed by atoms with E-state index in [1.807, 2.05) is 35.2 Å². The zero-order valence-corrected chi connectivity index (χ0v) is 39.3. The molecular weight excluding hydrogens is 887 g/mol. The lowest BCUT2D eigenvalue weighted by Crippen LogP contribution is -2.52. The lowest BCUT2D eigenvalue weighted by Gasteiger charge is -2.35. The van der Waals surface area contributed by atoms with Gasteiger partial charge in [0.1, 0.15) is 18.5 Å². The highest BCUT2D eigenvalue weighted by Crippen LogP contribution is 2.32. The summed E-state index contributed by atoms with van der Waals surface area (Å²) < 4.78 is 22.4. The number of pyridine rings is 2. The Morgan fingerprint density at radius 2 is 1.52 bits per heavy atom. The first kappa shape index (κ1) is 50.6. The van der Waals surface area contributed by atoms with Gasteiger partial charge in [-0.1, -0.05) is 25.0 Å².